The van der Waals surface area contributed by atoms with E-state index in [0.29, 0.717) is 0 Å². The number of methoxy groups -OCH3 is 1. The van der Waals surface area contributed by atoms with E-state index in [2.05, 4.69) is 15.3 Å². The van der Waals surface area contributed by atoms with Gasteiger partial charge >= 0.3 is 0 Å². The molecule has 1 aliphatic heterocycles. The number of benzene rings is 1. The molecule has 1 amide bonds. The first kappa shape index (κ1) is 21.4. The zero-order valence-corrected chi connectivity index (χ0v) is 17.1. The zero-order valence-electron chi connectivity index (χ0n) is 16.3. The van der Waals surface area contributed by atoms with E-state index in [0.717, 1.165) is 16.4 Å². The Bertz CT molecular complexity index is 1160. The Kier molecular flexibility index (Phi) is 5.37. The van der Waals surface area contributed by atoms with Crippen LogP contribution in [-0.4, -0.2) is 49.5 Å². The second kappa shape index (κ2) is 7.52. The van der Waals surface area contributed by atoms with Gasteiger partial charge < -0.3 is 15.8 Å². The van der Waals surface area contributed by atoms with E-state index < -0.39 is 44.6 Å². The number of hydrogen-bond acceptors (Lipinski definition) is 7. The summed E-state index contributed by atoms with van der Waals surface area (Å²) < 4.78 is 59.0. The lowest BCUT2D eigenvalue weighted by molar-refractivity contribution is 0.101. The van der Waals surface area contributed by atoms with Gasteiger partial charge in [-0.1, -0.05) is 0 Å². The highest BCUT2D eigenvalue weighted by molar-refractivity contribution is 7.89. The third-order valence-corrected chi connectivity index (χ3v) is 6.58. The topological polar surface area (TPSA) is 127 Å². The lowest BCUT2D eigenvalue weighted by Crippen LogP contribution is -2.50. The number of rotatable bonds is 4. The van der Waals surface area contributed by atoms with E-state index in [1.54, 1.807) is 0 Å². The number of halogens is 2. The molecular weight excluding hydrogens is 420 g/mol. The number of nitrogens with zero attached hydrogens (tertiary/aromatic N) is 3. The van der Waals surface area contributed by atoms with Crippen LogP contribution in [0.2, 0.25) is 0 Å². The number of nitrogens with one attached hydrogen (secondary N) is 1. The molecule has 0 radical (unpaired) electrons. The molecule has 2 aromatic rings. The molecule has 1 aromatic heterocycles. The van der Waals surface area contributed by atoms with Gasteiger partial charge in [0.2, 0.25) is 16.0 Å². The number of ether oxygens (including phenoxy) is 1. The second-order valence-corrected chi connectivity index (χ2v) is 8.82. The van der Waals surface area contributed by atoms with Crippen molar-refractivity contribution in [2.24, 2.45) is 10.7 Å². The van der Waals surface area contributed by atoms with Crippen LogP contribution in [0.5, 0.6) is 5.75 Å². The summed E-state index contributed by atoms with van der Waals surface area (Å²) in [7, 11) is -1.25. The van der Waals surface area contributed by atoms with Gasteiger partial charge in [0.15, 0.2) is 11.5 Å². The van der Waals surface area contributed by atoms with E-state index in [9.17, 15) is 22.0 Å². The van der Waals surface area contributed by atoms with Gasteiger partial charge in [0, 0.05) is 24.4 Å². The second-order valence-electron chi connectivity index (χ2n) is 6.82. The number of guanidine groups is 1. The molecule has 0 bridgehead atoms. The number of anilines is 1. The Labute approximate surface area is 171 Å². The molecule has 12 heteroatoms. The summed E-state index contributed by atoms with van der Waals surface area (Å²) in [6.07, 6.45) is 1.18. The summed E-state index contributed by atoms with van der Waals surface area (Å²) in [5, 5.41) is 2.41. The highest BCUT2D eigenvalue weighted by Crippen LogP contribution is 2.34. The molecule has 1 atom stereocenters. The molecule has 0 saturated carbocycles. The molecule has 2 heterocycles. The number of aromatic nitrogens is 1. The summed E-state index contributed by atoms with van der Waals surface area (Å²) in [5.41, 5.74) is 3.69. The van der Waals surface area contributed by atoms with Gasteiger partial charge in [-0.2, -0.15) is 0 Å². The summed E-state index contributed by atoms with van der Waals surface area (Å²) >= 11 is 0. The highest BCUT2D eigenvalue weighted by atomic mass is 32.2. The molecule has 30 heavy (non-hydrogen) atoms. The maximum Gasteiger partial charge on any atom is 0.277 e. The van der Waals surface area contributed by atoms with Crippen molar-refractivity contribution in [1.82, 2.24) is 9.29 Å². The van der Waals surface area contributed by atoms with Crippen LogP contribution in [-0.2, 0) is 15.6 Å². The monoisotopic (exact) mass is 439 g/mol. The number of carbonyl (C=O) groups excluding carboxylic acids is 1. The zero-order chi connectivity index (χ0) is 22.3. The van der Waals surface area contributed by atoms with Crippen molar-refractivity contribution in [3.05, 3.63) is 53.4 Å². The average Bonchev–Trinajstić information content (AvgIpc) is 2.66. The Hall–Kier alpha value is -3.28. The molecule has 9 nitrogen and oxygen atoms in total. The SMILES string of the molecule is COc1cnc(C(=O)Nc2ccc(F)c([C@]3(C)CS(=O)(=O)N(C)C(N)=N3)c2)c(F)c1. The van der Waals surface area contributed by atoms with Crippen molar-refractivity contribution in [3.63, 3.8) is 0 Å². The lowest BCUT2D eigenvalue weighted by Gasteiger charge is -2.34. The Morgan fingerprint density at radius 3 is 2.60 bits per heavy atom. The molecule has 1 aliphatic rings. The fourth-order valence-corrected chi connectivity index (χ4v) is 4.44. The number of nitrogens with two attached hydrogens (primary N) is 1. The van der Waals surface area contributed by atoms with Crippen LogP contribution < -0.4 is 15.8 Å². The molecule has 0 aliphatic carbocycles. The summed E-state index contributed by atoms with van der Waals surface area (Å²) in [6.45, 7) is 1.42. The van der Waals surface area contributed by atoms with Gasteiger partial charge in [0.25, 0.3) is 5.91 Å². The van der Waals surface area contributed by atoms with Gasteiger partial charge in [0.05, 0.1) is 19.1 Å². The summed E-state index contributed by atoms with van der Waals surface area (Å²) in [6, 6.07) is 4.52. The van der Waals surface area contributed by atoms with Crippen molar-refractivity contribution in [3.8, 4) is 5.75 Å². The number of amides is 1. The number of hydrogen-bond donors (Lipinski definition) is 2. The predicted molar refractivity (Wildman–Crippen MR) is 106 cm³/mol. The fraction of sp³-hybridized carbons (Fsp3) is 0.278. The minimum atomic E-state index is -3.82. The molecule has 3 N–H and O–H groups in total. The highest BCUT2D eigenvalue weighted by Gasteiger charge is 2.41. The van der Waals surface area contributed by atoms with Crippen molar-refractivity contribution in [2.45, 2.75) is 12.5 Å². The van der Waals surface area contributed by atoms with Crippen molar-refractivity contribution >= 4 is 27.6 Å². The first-order chi connectivity index (χ1) is 14.0. The smallest absolute Gasteiger partial charge is 0.277 e. The molecule has 0 saturated heterocycles. The summed E-state index contributed by atoms with van der Waals surface area (Å²) in [4.78, 5) is 20.2. The van der Waals surface area contributed by atoms with Crippen LogP contribution in [0, 0.1) is 11.6 Å². The van der Waals surface area contributed by atoms with E-state index >= 15 is 0 Å². The Balaban J connectivity index is 1.95. The van der Waals surface area contributed by atoms with E-state index in [1.807, 2.05) is 0 Å². The van der Waals surface area contributed by atoms with Crippen LogP contribution in [0.4, 0.5) is 14.5 Å². The molecule has 0 unspecified atom stereocenters. The normalized spacial score (nSPS) is 20.4. The molecule has 3 rings (SSSR count). The van der Waals surface area contributed by atoms with E-state index in [-0.39, 0.29) is 23.0 Å². The minimum absolute atomic E-state index is 0.0944. The van der Waals surface area contributed by atoms with E-state index in [1.165, 1.54) is 39.4 Å². The number of sulfonamides is 1. The van der Waals surface area contributed by atoms with Crippen molar-refractivity contribution in [2.75, 3.05) is 25.2 Å². The third kappa shape index (κ3) is 3.90. The number of pyridine rings is 1. The van der Waals surface area contributed by atoms with Crippen LogP contribution in [0.25, 0.3) is 0 Å². The van der Waals surface area contributed by atoms with Crippen molar-refractivity contribution in [1.29, 1.82) is 0 Å². The Morgan fingerprint density at radius 2 is 2.00 bits per heavy atom. The van der Waals surface area contributed by atoms with Gasteiger partial charge in [-0.15, -0.1) is 0 Å². The maximum absolute atomic E-state index is 14.6. The molecule has 160 valence electrons. The van der Waals surface area contributed by atoms with Crippen LogP contribution in [0.15, 0.2) is 35.5 Å². The standard InChI is InChI=1S/C18H19F2N5O4S/c1-18(9-30(27,28)25(2)17(21)24-18)12-6-10(4-5-13(12)19)23-16(26)15-14(20)7-11(29-3)8-22-15/h4-8H,9H2,1-3H3,(H2,21,24)(H,23,26)/t18-/m0/s1. The quantitative estimate of drug-likeness (QED) is 0.742. The first-order valence-corrected chi connectivity index (χ1v) is 10.2. The molecule has 0 fully saturated rings. The molecule has 1 aromatic carbocycles. The predicted octanol–water partition coefficient (Wildman–Crippen LogP) is 1.43. The van der Waals surface area contributed by atoms with Gasteiger partial charge in [0.1, 0.15) is 17.1 Å². The van der Waals surface area contributed by atoms with Gasteiger partial charge in [-0.3, -0.25) is 4.79 Å². The minimum Gasteiger partial charge on any atom is -0.495 e. The Morgan fingerprint density at radius 1 is 1.30 bits per heavy atom. The van der Waals surface area contributed by atoms with Gasteiger partial charge in [-0.05, 0) is 25.1 Å². The average molecular weight is 439 g/mol. The summed E-state index contributed by atoms with van der Waals surface area (Å²) in [5.74, 6) is -3.19. The van der Waals surface area contributed by atoms with Crippen LogP contribution in [0.3, 0.4) is 0 Å². The third-order valence-electron chi connectivity index (χ3n) is 4.64. The van der Waals surface area contributed by atoms with Crippen molar-refractivity contribution < 1.29 is 26.7 Å². The first-order valence-electron chi connectivity index (χ1n) is 8.60. The largest absolute Gasteiger partial charge is 0.495 e. The maximum atomic E-state index is 14.6. The molecule has 0 spiro atoms. The van der Waals surface area contributed by atoms with Crippen LogP contribution in [0.1, 0.15) is 23.0 Å². The number of aliphatic imine (C=N–C) groups is 1. The van der Waals surface area contributed by atoms with E-state index in [4.69, 9.17) is 10.5 Å². The fourth-order valence-electron chi connectivity index (χ4n) is 2.99. The van der Waals surface area contributed by atoms with Crippen LogP contribution >= 0.6 is 0 Å². The lowest BCUT2D eigenvalue weighted by atomic mass is 9.93. The number of carbonyl (C=O) groups is 1. The molecular formula is C18H19F2N5O4S. The van der Waals surface area contributed by atoms with Gasteiger partial charge in [-0.25, -0.2) is 31.5 Å².